The first-order valence-electron chi connectivity index (χ1n) is 8.43. The van der Waals surface area contributed by atoms with Gasteiger partial charge in [-0.05, 0) is 30.5 Å². The quantitative estimate of drug-likeness (QED) is 0.789. The molecule has 8 heteroatoms. The first-order chi connectivity index (χ1) is 12.6. The average Bonchev–Trinajstić information content (AvgIpc) is 3.16. The number of ether oxygens (including phenoxy) is 2. The lowest BCUT2D eigenvalue weighted by molar-refractivity contribution is 0.0921. The van der Waals surface area contributed by atoms with E-state index in [2.05, 4.69) is 10.3 Å². The average molecular weight is 359 g/mol. The van der Waals surface area contributed by atoms with Crippen LogP contribution in [0.4, 0.5) is 0 Å². The number of nitrogens with zero attached hydrogens (tertiary/aromatic N) is 1. The van der Waals surface area contributed by atoms with E-state index in [1.54, 1.807) is 19.2 Å². The molecule has 1 amide bonds. The van der Waals surface area contributed by atoms with Crippen LogP contribution in [0.2, 0.25) is 0 Å². The highest BCUT2D eigenvalue weighted by molar-refractivity contribution is 5.93. The Bertz CT molecular complexity index is 896. The number of aromatic amines is 1. The number of benzene rings is 1. The van der Waals surface area contributed by atoms with Crippen LogP contribution < -0.4 is 21.3 Å². The zero-order chi connectivity index (χ0) is 18.5. The molecule has 26 heavy (non-hydrogen) atoms. The van der Waals surface area contributed by atoms with E-state index in [-0.39, 0.29) is 24.8 Å². The molecule has 8 nitrogen and oxygen atoms in total. The highest BCUT2D eigenvalue weighted by Gasteiger charge is 2.20. The molecule has 2 heterocycles. The van der Waals surface area contributed by atoms with Crippen molar-refractivity contribution < 1.29 is 14.3 Å². The molecule has 0 saturated carbocycles. The minimum absolute atomic E-state index is 0.106. The maximum atomic E-state index is 12.5. The number of H-pyrrole nitrogens is 1. The summed E-state index contributed by atoms with van der Waals surface area (Å²) in [6, 6.07) is 7.25. The molecule has 2 aromatic rings. The highest BCUT2D eigenvalue weighted by atomic mass is 16.5. The number of nitrogens with one attached hydrogen (secondary N) is 2. The van der Waals surface area contributed by atoms with Crippen LogP contribution in [0, 0.1) is 0 Å². The number of aromatic nitrogens is 2. The lowest BCUT2D eigenvalue weighted by atomic mass is 10.2. The van der Waals surface area contributed by atoms with Crippen LogP contribution in [-0.4, -0.2) is 35.3 Å². The van der Waals surface area contributed by atoms with Crippen LogP contribution >= 0.6 is 0 Å². The Morgan fingerprint density at radius 3 is 3.00 bits per heavy atom. The summed E-state index contributed by atoms with van der Waals surface area (Å²) in [6.07, 6.45) is 2.66. The van der Waals surface area contributed by atoms with Gasteiger partial charge < -0.3 is 19.8 Å². The zero-order valence-corrected chi connectivity index (χ0v) is 14.5. The lowest BCUT2D eigenvalue weighted by Gasteiger charge is -2.12. The SMILES string of the molecule is COc1cccc(CNC(=O)c2c[nH]c(=O)n(CC3CCCO3)c2=O)c1. The molecule has 2 N–H and O–H groups in total. The number of carbonyl (C=O) groups is 1. The van der Waals surface area contributed by atoms with Crippen molar-refractivity contribution in [2.75, 3.05) is 13.7 Å². The van der Waals surface area contributed by atoms with Crippen molar-refractivity contribution in [1.82, 2.24) is 14.9 Å². The molecule has 0 bridgehead atoms. The van der Waals surface area contributed by atoms with E-state index in [0.29, 0.717) is 12.4 Å². The zero-order valence-electron chi connectivity index (χ0n) is 14.5. The van der Waals surface area contributed by atoms with Gasteiger partial charge in [0, 0.05) is 19.3 Å². The fourth-order valence-electron chi connectivity index (χ4n) is 2.89. The summed E-state index contributed by atoms with van der Waals surface area (Å²) in [5.74, 6) is 0.134. The summed E-state index contributed by atoms with van der Waals surface area (Å²) >= 11 is 0. The van der Waals surface area contributed by atoms with E-state index in [1.165, 1.54) is 0 Å². The van der Waals surface area contributed by atoms with Crippen LogP contribution in [0.15, 0.2) is 40.1 Å². The van der Waals surface area contributed by atoms with Gasteiger partial charge in [0.25, 0.3) is 11.5 Å². The van der Waals surface area contributed by atoms with Crippen molar-refractivity contribution in [3.63, 3.8) is 0 Å². The Morgan fingerprint density at radius 1 is 1.42 bits per heavy atom. The Hall–Kier alpha value is -2.87. The Labute approximate surface area is 149 Å². The van der Waals surface area contributed by atoms with Crippen LogP contribution in [0.25, 0.3) is 0 Å². The molecule has 1 atom stereocenters. The van der Waals surface area contributed by atoms with E-state index in [0.717, 1.165) is 29.2 Å². The van der Waals surface area contributed by atoms with E-state index in [1.807, 2.05) is 12.1 Å². The smallest absolute Gasteiger partial charge is 0.328 e. The Kier molecular flexibility index (Phi) is 5.52. The van der Waals surface area contributed by atoms with Crippen molar-refractivity contribution >= 4 is 5.91 Å². The Balaban J connectivity index is 1.74. The van der Waals surface area contributed by atoms with Crippen molar-refractivity contribution in [2.24, 2.45) is 0 Å². The summed E-state index contributed by atoms with van der Waals surface area (Å²) in [5, 5.41) is 2.69. The number of hydrogen-bond donors (Lipinski definition) is 2. The second-order valence-electron chi connectivity index (χ2n) is 6.09. The third-order valence-electron chi connectivity index (χ3n) is 4.30. The molecule has 0 radical (unpaired) electrons. The van der Waals surface area contributed by atoms with Crippen LogP contribution in [0.1, 0.15) is 28.8 Å². The largest absolute Gasteiger partial charge is 0.497 e. The summed E-state index contributed by atoms with van der Waals surface area (Å²) in [6.45, 7) is 1.00. The number of rotatable bonds is 6. The van der Waals surface area contributed by atoms with Gasteiger partial charge in [-0.1, -0.05) is 12.1 Å². The van der Waals surface area contributed by atoms with Gasteiger partial charge in [-0.25, -0.2) is 4.79 Å². The molecule has 1 aromatic carbocycles. The van der Waals surface area contributed by atoms with E-state index < -0.39 is 17.2 Å². The van der Waals surface area contributed by atoms with Gasteiger partial charge in [-0.15, -0.1) is 0 Å². The predicted molar refractivity (Wildman–Crippen MR) is 94.5 cm³/mol. The number of methoxy groups -OCH3 is 1. The number of hydrogen-bond acceptors (Lipinski definition) is 5. The second kappa shape index (κ2) is 8.01. The topological polar surface area (TPSA) is 102 Å². The standard InChI is InChI=1S/C18H21N3O5/c1-25-13-5-2-4-12(8-13)9-19-16(22)15-10-20-18(24)21(17(15)23)11-14-6-3-7-26-14/h2,4-5,8,10,14H,3,6-7,9,11H2,1H3,(H,19,22)(H,20,24). The van der Waals surface area contributed by atoms with Crippen LogP contribution in [0.5, 0.6) is 5.75 Å². The molecule has 1 aliphatic heterocycles. The van der Waals surface area contributed by atoms with Crippen molar-refractivity contribution in [3.8, 4) is 5.75 Å². The van der Waals surface area contributed by atoms with Gasteiger partial charge in [0.1, 0.15) is 11.3 Å². The van der Waals surface area contributed by atoms with Crippen molar-refractivity contribution in [2.45, 2.75) is 32.0 Å². The number of amides is 1. The summed E-state index contributed by atoms with van der Waals surface area (Å²) in [4.78, 5) is 39.3. The molecule has 1 unspecified atom stereocenters. The predicted octanol–water partition coefficient (Wildman–Crippen LogP) is 0.654. The van der Waals surface area contributed by atoms with Gasteiger partial charge in [-0.2, -0.15) is 0 Å². The summed E-state index contributed by atoms with van der Waals surface area (Å²) in [7, 11) is 1.56. The Morgan fingerprint density at radius 2 is 2.27 bits per heavy atom. The highest BCUT2D eigenvalue weighted by Crippen LogP contribution is 2.13. The van der Waals surface area contributed by atoms with Gasteiger partial charge in [0.2, 0.25) is 0 Å². The van der Waals surface area contributed by atoms with Gasteiger partial charge >= 0.3 is 5.69 Å². The molecule has 1 aromatic heterocycles. The second-order valence-corrected chi connectivity index (χ2v) is 6.09. The molecule has 1 aliphatic rings. The maximum absolute atomic E-state index is 12.5. The minimum Gasteiger partial charge on any atom is -0.497 e. The van der Waals surface area contributed by atoms with Crippen molar-refractivity contribution in [1.29, 1.82) is 0 Å². The first-order valence-corrected chi connectivity index (χ1v) is 8.43. The van der Waals surface area contributed by atoms with Gasteiger partial charge in [0.05, 0.1) is 19.8 Å². The summed E-state index contributed by atoms with van der Waals surface area (Å²) in [5.41, 5.74) is -0.436. The molecule has 138 valence electrons. The summed E-state index contributed by atoms with van der Waals surface area (Å²) < 4.78 is 11.6. The van der Waals surface area contributed by atoms with E-state index in [4.69, 9.17) is 9.47 Å². The maximum Gasteiger partial charge on any atom is 0.328 e. The molecule has 1 saturated heterocycles. The van der Waals surface area contributed by atoms with E-state index in [9.17, 15) is 14.4 Å². The van der Waals surface area contributed by atoms with Crippen LogP contribution in [-0.2, 0) is 17.8 Å². The molecule has 0 spiro atoms. The van der Waals surface area contributed by atoms with Crippen molar-refractivity contribution in [3.05, 3.63) is 62.4 Å². The number of carbonyl (C=O) groups excluding carboxylic acids is 1. The molecule has 0 aliphatic carbocycles. The normalized spacial score (nSPS) is 16.4. The first kappa shape index (κ1) is 17.9. The molecular formula is C18H21N3O5. The monoisotopic (exact) mass is 359 g/mol. The third kappa shape index (κ3) is 4.02. The lowest BCUT2D eigenvalue weighted by Crippen LogP contribution is -2.42. The molecule has 3 rings (SSSR count). The van der Waals surface area contributed by atoms with Gasteiger partial charge in [-0.3, -0.25) is 14.2 Å². The fraction of sp³-hybridized carbons (Fsp3) is 0.389. The molecule has 1 fully saturated rings. The fourth-order valence-corrected chi connectivity index (χ4v) is 2.89. The minimum atomic E-state index is -0.618. The van der Waals surface area contributed by atoms with Gasteiger partial charge in [0.15, 0.2) is 0 Å². The molecular weight excluding hydrogens is 338 g/mol. The van der Waals surface area contributed by atoms with E-state index >= 15 is 0 Å². The van der Waals surface area contributed by atoms with Crippen LogP contribution in [0.3, 0.4) is 0 Å². The third-order valence-corrected chi connectivity index (χ3v) is 4.30.